The molecule has 9 nitrogen and oxygen atoms in total. The lowest BCUT2D eigenvalue weighted by Gasteiger charge is -2.13. The molecule has 0 unspecified atom stereocenters. The van der Waals surface area contributed by atoms with E-state index in [2.05, 4.69) is 25.8 Å². The Morgan fingerprint density at radius 1 is 1.17 bits per heavy atom. The molecule has 3 heterocycles. The van der Waals surface area contributed by atoms with Crippen molar-refractivity contribution in [1.82, 2.24) is 19.7 Å². The minimum Gasteiger partial charge on any atom is -0.359 e. The molecule has 182 valence electrons. The maximum absolute atomic E-state index is 14.7. The molecule has 2 N–H and O–H groups in total. The fourth-order valence-electron chi connectivity index (χ4n) is 3.33. The highest BCUT2D eigenvalue weighted by Crippen LogP contribution is 2.32. The highest BCUT2D eigenvalue weighted by atomic mass is 35.5. The minimum atomic E-state index is -0.769. The largest absolute Gasteiger partial charge is 0.359 e. The molecule has 35 heavy (non-hydrogen) atoms. The number of benzene rings is 1. The first-order valence-electron chi connectivity index (χ1n) is 10.4. The van der Waals surface area contributed by atoms with Crippen molar-refractivity contribution in [2.45, 2.75) is 31.3 Å². The van der Waals surface area contributed by atoms with E-state index in [1.165, 1.54) is 22.4 Å². The van der Waals surface area contributed by atoms with Crippen LogP contribution >= 0.6 is 23.4 Å². The maximum Gasteiger partial charge on any atom is 0.325 e. The number of anilines is 2. The van der Waals surface area contributed by atoms with Crippen molar-refractivity contribution in [2.75, 3.05) is 16.9 Å². The van der Waals surface area contributed by atoms with Crippen LogP contribution in [0, 0.1) is 5.82 Å². The number of pyridine rings is 1. The van der Waals surface area contributed by atoms with Gasteiger partial charge in [-0.05, 0) is 24.5 Å². The standard InChI is InChI=1S/C23H22ClFN6O3S/c1-23(2,3)17-9-18(30-34-17)28-21(33)27-16-7-12(14(24)8-15(16)25)13-6-11-10-26-22(35-5)29-19(11)31(4)20(13)32/h6-10H,1-5H3,(H2,27,28,30,33). The molecule has 2 amide bonds. The summed E-state index contributed by atoms with van der Waals surface area (Å²) in [6.07, 6.45) is 3.44. The second-order valence-corrected chi connectivity index (χ2v) is 9.96. The van der Waals surface area contributed by atoms with Gasteiger partial charge < -0.3 is 9.84 Å². The molecule has 3 aromatic heterocycles. The molecule has 0 aliphatic rings. The summed E-state index contributed by atoms with van der Waals surface area (Å²) in [4.78, 5) is 34.2. The third-order valence-electron chi connectivity index (χ3n) is 5.20. The van der Waals surface area contributed by atoms with Crippen LogP contribution in [-0.4, -0.2) is 32.0 Å². The summed E-state index contributed by atoms with van der Waals surface area (Å²) in [5, 5.41) is 9.88. The SMILES string of the molecule is CSc1ncc2cc(-c3cc(NC(=O)Nc4cc(C(C)(C)C)on4)c(F)cc3Cl)c(=O)n(C)c2n1. The molecular weight excluding hydrogens is 495 g/mol. The zero-order valence-corrected chi connectivity index (χ0v) is 21.1. The minimum absolute atomic E-state index is 0.0119. The van der Waals surface area contributed by atoms with Gasteiger partial charge in [0.05, 0.1) is 10.7 Å². The van der Waals surface area contributed by atoms with E-state index in [4.69, 9.17) is 16.1 Å². The van der Waals surface area contributed by atoms with Crippen LogP contribution in [0.5, 0.6) is 0 Å². The number of amides is 2. The number of nitrogens with zero attached hydrogens (tertiary/aromatic N) is 4. The molecule has 1 aromatic carbocycles. The number of hydrogen-bond acceptors (Lipinski definition) is 7. The molecular formula is C23H22ClFN6O3S. The van der Waals surface area contributed by atoms with Gasteiger partial charge in [-0.25, -0.2) is 19.2 Å². The van der Waals surface area contributed by atoms with E-state index >= 15 is 0 Å². The molecule has 0 atom stereocenters. The van der Waals surface area contributed by atoms with Crippen LogP contribution in [-0.2, 0) is 12.5 Å². The van der Waals surface area contributed by atoms with Crippen LogP contribution in [0.25, 0.3) is 22.2 Å². The Balaban J connectivity index is 1.67. The van der Waals surface area contributed by atoms with Gasteiger partial charge in [0.1, 0.15) is 17.2 Å². The van der Waals surface area contributed by atoms with E-state index in [0.717, 1.165) is 6.07 Å². The molecule has 12 heteroatoms. The van der Waals surface area contributed by atoms with E-state index < -0.39 is 11.8 Å². The summed E-state index contributed by atoms with van der Waals surface area (Å²) >= 11 is 7.65. The summed E-state index contributed by atoms with van der Waals surface area (Å²) < 4.78 is 21.3. The van der Waals surface area contributed by atoms with Gasteiger partial charge in [-0.3, -0.25) is 14.7 Å². The van der Waals surface area contributed by atoms with Crippen molar-refractivity contribution in [2.24, 2.45) is 7.05 Å². The third kappa shape index (κ3) is 5.01. The van der Waals surface area contributed by atoms with Crippen LogP contribution in [0.2, 0.25) is 5.02 Å². The predicted molar refractivity (Wildman–Crippen MR) is 135 cm³/mol. The van der Waals surface area contributed by atoms with Crippen LogP contribution in [0.3, 0.4) is 0 Å². The lowest BCUT2D eigenvalue weighted by molar-refractivity contribution is 0.261. The quantitative estimate of drug-likeness (QED) is 0.274. The van der Waals surface area contributed by atoms with Gasteiger partial charge >= 0.3 is 6.03 Å². The van der Waals surface area contributed by atoms with Crippen molar-refractivity contribution >= 4 is 51.9 Å². The molecule has 0 bridgehead atoms. The van der Waals surface area contributed by atoms with Gasteiger partial charge in [-0.15, -0.1) is 0 Å². The summed E-state index contributed by atoms with van der Waals surface area (Å²) in [6, 6.07) is 4.79. The number of hydrogen-bond donors (Lipinski definition) is 2. The fourth-order valence-corrected chi connectivity index (χ4v) is 3.92. The molecule has 4 rings (SSSR count). The second-order valence-electron chi connectivity index (χ2n) is 8.78. The number of carbonyl (C=O) groups excluding carboxylic acids is 1. The summed E-state index contributed by atoms with van der Waals surface area (Å²) in [5.74, 6) is -0.0152. The lowest BCUT2D eigenvalue weighted by Crippen LogP contribution is -2.21. The first-order chi connectivity index (χ1) is 16.5. The van der Waals surface area contributed by atoms with Crippen LogP contribution in [0.15, 0.2) is 44.9 Å². The van der Waals surface area contributed by atoms with E-state index in [1.54, 1.807) is 25.4 Å². The average molecular weight is 517 g/mol. The Bertz CT molecular complexity index is 1510. The van der Waals surface area contributed by atoms with E-state index in [0.29, 0.717) is 22.0 Å². The number of aryl methyl sites for hydroxylation is 1. The Labute approximate surface area is 209 Å². The van der Waals surface area contributed by atoms with Gasteiger partial charge in [0, 0.05) is 41.2 Å². The highest BCUT2D eigenvalue weighted by Gasteiger charge is 2.21. The lowest BCUT2D eigenvalue weighted by atomic mass is 9.93. The molecule has 0 aliphatic carbocycles. The van der Waals surface area contributed by atoms with Gasteiger partial charge in [0.15, 0.2) is 11.0 Å². The molecule has 0 radical (unpaired) electrons. The van der Waals surface area contributed by atoms with Crippen molar-refractivity contribution in [3.63, 3.8) is 0 Å². The van der Waals surface area contributed by atoms with Crippen LogP contribution in [0.1, 0.15) is 26.5 Å². The Morgan fingerprint density at radius 3 is 2.57 bits per heavy atom. The third-order valence-corrected chi connectivity index (χ3v) is 6.07. The van der Waals surface area contributed by atoms with Crippen molar-refractivity contribution in [3.8, 4) is 11.1 Å². The van der Waals surface area contributed by atoms with Crippen LogP contribution < -0.4 is 16.2 Å². The predicted octanol–water partition coefficient (Wildman–Crippen LogP) is 5.44. The van der Waals surface area contributed by atoms with Gasteiger partial charge in [0.2, 0.25) is 0 Å². The van der Waals surface area contributed by atoms with E-state index in [9.17, 15) is 14.0 Å². The van der Waals surface area contributed by atoms with Crippen molar-refractivity contribution in [3.05, 3.63) is 57.4 Å². The second kappa shape index (κ2) is 9.31. The van der Waals surface area contributed by atoms with E-state index in [-0.39, 0.29) is 38.6 Å². The van der Waals surface area contributed by atoms with Gasteiger partial charge in [0.25, 0.3) is 5.56 Å². The zero-order chi connectivity index (χ0) is 25.5. The van der Waals surface area contributed by atoms with Gasteiger partial charge in [-0.2, -0.15) is 0 Å². The number of carbonyl (C=O) groups is 1. The molecule has 0 aliphatic heterocycles. The molecule has 0 saturated heterocycles. The first kappa shape index (κ1) is 24.7. The number of aromatic nitrogens is 4. The summed E-state index contributed by atoms with van der Waals surface area (Å²) in [7, 11) is 1.58. The Hall–Kier alpha value is -3.44. The van der Waals surface area contributed by atoms with Crippen LogP contribution in [0.4, 0.5) is 20.7 Å². The number of fused-ring (bicyclic) bond motifs is 1. The van der Waals surface area contributed by atoms with Gasteiger partial charge in [-0.1, -0.05) is 49.3 Å². The Kier molecular flexibility index (Phi) is 6.56. The summed E-state index contributed by atoms with van der Waals surface area (Å²) in [6.45, 7) is 5.81. The molecule has 0 fully saturated rings. The molecule has 0 saturated carbocycles. The smallest absolute Gasteiger partial charge is 0.325 e. The first-order valence-corrected chi connectivity index (χ1v) is 12.0. The number of urea groups is 1. The number of nitrogens with one attached hydrogen (secondary N) is 2. The number of halogens is 2. The number of thioether (sulfide) groups is 1. The van der Waals surface area contributed by atoms with E-state index in [1.807, 2.05) is 27.0 Å². The number of rotatable bonds is 4. The van der Waals surface area contributed by atoms with Crippen molar-refractivity contribution in [1.29, 1.82) is 0 Å². The molecule has 0 spiro atoms. The highest BCUT2D eigenvalue weighted by molar-refractivity contribution is 7.98. The van der Waals surface area contributed by atoms with Crippen molar-refractivity contribution < 1.29 is 13.7 Å². The topological polar surface area (TPSA) is 115 Å². The normalized spacial score (nSPS) is 11.6. The molecule has 4 aromatic rings. The Morgan fingerprint density at radius 2 is 1.91 bits per heavy atom. The summed E-state index contributed by atoms with van der Waals surface area (Å²) in [5.41, 5.74) is 0.0594. The monoisotopic (exact) mass is 516 g/mol. The average Bonchev–Trinajstić information content (AvgIpc) is 3.27. The fraction of sp³-hybridized carbons (Fsp3) is 0.261. The maximum atomic E-state index is 14.7. The zero-order valence-electron chi connectivity index (χ0n) is 19.6.